The molecule has 0 unspecified atom stereocenters. The number of aromatic nitrogens is 5. The highest BCUT2D eigenvalue weighted by molar-refractivity contribution is 6.07. The van der Waals surface area contributed by atoms with Crippen molar-refractivity contribution in [2.75, 3.05) is 0 Å². The predicted molar refractivity (Wildman–Crippen MR) is 159 cm³/mol. The van der Waals surface area contributed by atoms with Crippen LogP contribution in [0.25, 0.3) is 55.7 Å². The van der Waals surface area contributed by atoms with Gasteiger partial charge in [0.1, 0.15) is 22.9 Å². The van der Waals surface area contributed by atoms with Crippen LogP contribution in [0.15, 0.2) is 95.5 Å². The zero-order valence-corrected chi connectivity index (χ0v) is 22.7. The van der Waals surface area contributed by atoms with Crippen molar-refractivity contribution in [1.29, 1.82) is 0 Å². The highest BCUT2D eigenvalue weighted by atomic mass is 16.5. The van der Waals surface area contributed by atoms with Crippen LogP contribution in [0.1, 0.15) is 26.3 Å². The highest BCUT2D eigenvalue weighted by Crippen LogP contribution is 2.37. The lowest BCUT2D eigenvalue weighted by atomic mass is 9.87. The fourth-order valence-corrected chi connectivity index (χ4v) is 5.51. The number of benzene rings is 3. The molecule has 8 aromatic rings. The normalized spacial score (nSPS) is 12.4. The number of para-hydroxylation sites is 4. The molecule has 8 rings (SSSR count). The minimum absolute atomic E-state index is 0.108. The summed E-state index contributed by atoms with van der Waals surface area (Å²) < 4.78 is 16.5. The van der Waals surface area contributed by atoms with E-state index in [1.807, 2.05) is 54.6 Å². The average molecular weight is 540 g/mol. The number of furan rings is 1. The maximum absolute atomic E-state index is 10.5. The van der Waals surface area contributed by atoms with Gasteiger partial charge < -0.3 is 14.3 Å². The van der Waals surface area contributed by atoms with Gasteiger partial charge in [-0.3, -0.25) is 8.97 Å². The van der Waals surface area contributed by atoms with Crippen LogP contribution in [-0.4, -0.2) is 29.0 Å². The summed E-state index contributed by atoms with van der Waals surface area (Å²) in [6.07, 6.45) is 1.52. The van der Waals surface area contributed by atoms with Crippen molar-refractivity contribution >= 4 is 49.9 Å². The molecule has 0 saturated heterocycles. The number of hydrogen-bond acceptors (Lipinski definition) is 6. The number of aromatic hydroxyl groups is 1. The van der Waals surface area contributed by atoms with Gasteiger partial charge in [-0.15, -0.1) is 0 Å². The Labute approximate surface area is 234 Å². The maximum Gasteiger partial charge on any atom is 0.231 e. The number of rotatable bonds is 3. The molecule has 0 fully saturated rings. The van der Waals surface area contributed by atoms with Gasteiger partial charge in [0.15, 0.2) is 0 Å². The van der Waals surface area contributed by atoms with Gasteiger partial charge in [0.2, 0.25) is 17.4 Å². The number of hydrogen-bond donors (Lipinski definition) is 1. The predicted octanol–water partition coefficient (Wildman–Crippen LogP) is 7.92. The third-order valence-electron chi connectivity index (χ3n) is 7.53. The summed E-state index contributed by atoms with van der Waals surface area (Å²) >= 11 is 0. The molecule has 3 aromatic carbocycles. The zero-order chi connectivity index (χ0) is 27.9. The van der Waals surface area contributed by atoms with Crippen LogP contribution < -0.4 is 4.74 Å². The van der Waals surface area contributed by atoms with Gasteiger partial charge in [0.05, 0.1) is 27.5 Å². The zero-order valence-electron chi connectivity index (χ0n) is 22.7. The number of pyridine rings is 2. The molecule has 0 spiro atoms. The van der Waals surface area contributed by atoms with Gasteiger partial charge >= 0.3 is 0 Å². The molecular formula is C33H25N5O3. The molecule has 0 atom stereocenters. The van der Waals surface area contributed by atoms with Crippen molar-refractivity contribution in [3.8, 4) is 23.2 Å². The quantitative estimate of drug-likeness (QED) is 0.245. The molecule has 0 saturated carbocycles. The first-order valence-corrected chi connectivity index (χ1v) is 13.4. The van der Waals surface area contributed by atoms with Gasteiger partial charge in [-0.1, -0.05) is 45.0 Å². The number of ether oxygens (including phenoxy) is 1. The Bertz CT molecular complexity index is 2300. The molecule has 1 N–H and O–H groups in total. The van der Waals surface area contributed by atoms with E-state index in [2.05, 4.69) is 59.0 Å². The fourth-order valence-electron chi connectivity index (χ4n) is 5.51. The Morgan fingerprint density at radius 3 is 2.44 bits per heavy atom. The van der Waals surface area contributed by atoms with E-state index in [1.165, 1.54) is 6.20 Å². The number of fused-ring (bicyclic) bond motifs is 8. The molecule has 8 heteroatoms. The van der Waals surface area contributed by atoms with Crippen molar-refractivity contribution in [1.82, 2.24) is 23.9 Å². The van der Waals surface area contributed by atoms with Crippen molar-refractivity contribution < 1.29 is 14.3 Å². The summed E-state index contributed by atoms with van der Waals surface area (Å²) in [5.41, 5.74) is 5.90. The van der Waals surface area contributed by atoms with Gasteiger partial charge in [-0.2, -0.15) is 4.98 Å². The smallest absolute Gasteiger partial charge is 0.231 e. The van der Waals surface area contributed by atoms with Crippen LogP contribution in [0.2, 0.25) is 0 Å². The van der Waals surface area contributed by atoms with Crippen LogP contribution in [0.4, 0.5) is 0 Å². The van der Waals surface area contributed by atoms with Crippen molar-refractivity contribution in [3.05, 3.63) is 96.7 Å². The second-order valence-corrected chi connectivity index (χ2v) is 11.2. The first kappa shape index (κ1) is 23.5. The van der Waals surface area contributed by atoms with Gasteiger partial charge in [-0.05, 0) is 65.6 Å². The molecule has 5 heterocycles. The van der Waals surface area contributed by atoms with E-state index in [1.54, 1.807) is 6.07 Å². The molecule has 5 aromatic heterocycles. The molecule has 8 nitrogen and oxygen atoms in total. The van der Waals surface area contributed by atoms with Gasteiger partial charge in [0.25, 0.3) is 0 Å². The van der Waals surface area contributed by atoms with Crippen LogP contribution in [-0.2, 0) is 5.41 Å². The monoisotopic (exact) mass is 539 g/mol. The summed E-state index contributed by atoms with van der Waals surface area (Å²) in [5.74, 6) is 2.63. The minimum Gasteiger partial charge on any atom is -0.507 e. The Morgan fingerprint density at radius 1 is 0.829 bits per heavy atom. The molecule has 0 aliphatic rings. The van der Waals surface area contributed by atoms with Crippen LogP contribution >= 0.6 is 0 Å². The van der Waals surface area contributed by atoms with E-state index < -0.39 is 0 Å². The Kier molecular flexibility index (Phi) is 4.77. The van der Waals surface area contributed by atoms with Crippen LogP contribution in [0.5, 0.6) is 17.4 Å². The topological polar surface area (TPSA) is 90.6 Å². The second kappa shape index (κ2) is 8.32. The molecule has 0 aliphatic carbocycles. The lowest BCUT2D eigenvalue weighted by Crippen LogP contribution is -2.13. The van der Waals surface area contributed by atoms with Gasteiger partial charge in [0, 0.05) is 17.6 Å². The molecule has 0 bridgehead atoms. The van der Waals surface area contributed by atoms with Crippen molar-refractivity contribution in [3.63, 3.8) is 0 Å². The first-order chi connectivity index (χ1) is 19.8. The molecular weight excluding hydrogens is 514 g/mol. The van der Waals surface area contributed by atoms with E-state index in [4.69, 9.17) is 19.1 Å². The fraction of sp³-hybridized carbons (Fsp3) is 0.121. The summed E-state index contributed by atoms with van der Waals surface area (Å²) in [6.45, 7) is 6.51. The number of nitrogens with zero attached hydrogens (tertiary/aromatic N) is 5. The lowest BCUT2D eigenvalue weighted by molar-refractivity contribution is 0.458. The number of imidazole rings is 2. The molecule has 0 radical (unpaired) electrons. The third kappa shape index (κ3) is 3.57. The van der Waals surface area contributed by atoms with Crippen molar-refractivity contribution in [2.24, 2.45) is 0 Å². The Hall–Kier alpha value is -5.37. The lowest BCUT2D eigenvalue weighted by Gasteiger charge is -2.21. The largest absolute Gasteiger partial charge is 0.507 e. The Morgan fingerprint density at radius 2 is 1.61 bits per heavy atom. The van der Waals surface area contributed by atoms with E-state index >= 15 is 0 Å². The maximum atomic E-state index is 10.5. The SMILES string of the molecule is CC(C)(C)c1cc(Oc2ccc3oc4nccc(O)c4c3c2)nc(-n2c3ccccc3n3c4ccccc4nc23)c1. The third-order valence-corrected chi connectivity index (χ3v) is 7.53. The minimum atomic E-state index is -0.169. The molecule has 0 amide bonds. The molecule has 0 aliphatic heterocycles. The molecule has 41 heavy (non-hydrogen) atoms. The first-order valence-electron chi connectivity index (χ1n) is 13.4. The highest BCUT2D eigenvalue weighted by Gasteiger charge is 2.22. The van der Waals surface area contributed by atoms with E-state index in [0.29, 0.717) is 34.1 Å². The van der Waals surface area contributed by atoms with E-state index in [-0.39, 0.29) is 11.2 Å². The summed E-state index contributed by atoms with van der Waals surface area (Å²) in [5, 5.41) is 11.7. The van der Waals surface area contributed by atoms with Gasteiger partial charge in [-0.25, -0.2) is 9.97 Å². The summed E-state index contributed by atoms with van der Waals surface area (Å²) in [4.78, 5) is 14.3. The van der Waals surface area contributed by atoms with Crippen LogP contribution in [0, 0.1) is 0 Å². The average Bonchev–Trinajstić information content (AvgIpc) is 3.61. The van der Waals surface area contributed by atoms with E-state index in [9.17, 15) is 5.11 Å². The van der Waals surface area contributed by atoms with E-state index in [0.717, 1.165) is 38.8 Å². The molecule has 200 valence electrons. The second-order valence-electron chi connectivity index (χ2n) is 11.2. The van der Waals surface area contributed by atoms with Crippen molar-refractivity contribution in [2.45, 2.75) is 26.2 Å². The van der Waals surface area contributed by atoms with Crippen LogP contribution in [0.3, 0.4) is 0 Å². The summed E-state index contributed by atoms with van der Waals surface area (Å²) in [7, 11) is 0. The standard InChI is InChI=1S/C33H25N5O3/c1-33(2,3)19-16-28(38-25-11-7-6-10-24(25)37-23-9-5-4-8-22(23)35-32(37)38)36-29(17-19)40-20-12-13-27-21(18-20)30-26(39)14-15-34-31(30)41-27/h4-18H,1-3H3,(H,34,39). The summed E-state index contributed by atoms with van der Waals surface area (Å²) in [6, 6.07) is 27.5. The Balaban J connectivity index is 1.34.